The van der Waals surface area contributed by atoms with Gasteiger partial charge in [0.1, 0.15) is 0 Å². The summed E-state index contributed by atoms with van der Waals surface area (Å²) in [5.41, 5.74) is 3.66. The van der Waals surface area contributed by atoms with E-state index in [0.717, 1.165) is 5.69 Å². The predicted molar refractivity (Wildman–Crippen MR) is 82.1 cm³/mol. The lowest BCUT2D eigenvalue weighted by Crippen LogP contribution is -2.44. The molecule has 0 amide bonds. The van der Waals surface area contributed by atoms with E-state index in [9.17, 15) is 0 Å². The summed E-state index contributed by atoms with van der Waals surface area (Å²) in [5.74, 6) is 0.674. The Bertz CT molecular complexity index is 432. The van der Waals surface area contributed by atoms with E-state index in [4.69, 9.17) is 12.2 Å². The van der Waals surface area contributed by atoms with Gasteiger partial charge >= 0.3 is 0 Å². The van der Waals surface area contributed by atoms with E-state index in [0.29, 0.717) is 17.1 Å². The molecule has 0 unspecified atom stereocenters. The third kappa shape index (κ3) is 4.59. The number of pyridine rings is 1. The fourth-order valence-electron chi connectivity index (χ4n) is 2.34. The highest BCUT2D eigenvalue weighted by Crippen LogP contribution is 2.23. The molecule has 1 aromatic rings. The first-order chi connectivity index (χ1) is 9.25. The number of nitrogens with one attached hydrogen (secondary N) is 2. The van der Waals surface area contributed by atoms with Gasteiger partial charge in [-0.3, -0.25) is 10.4 Å². The SMILES string of the molecule is C[C@@H]1CCCC[C@H]1NC(=S)N/N=C\c1ccccn1. The molecule has 0 aliphatic heterocycles. The Labute approximate surface area is 119 Å². The van der Waals surface area contributed by atoms with Gasteiger partial charge < -0.3 is 5.32 Å². The fourth-order valence-corrected chi connectivity index (χ4v) is 2.54. The first kappa shape index (κ1) is 13.9. The molecular weight excluding hydrogens is 256 g/mol. The monoisotopic (exact) mass is 276 g/mol. The first-order valence-corrected chi connectivity index (χ1v) is 7.17. The predicted octanol–water partition coefficient (Wildman–Crippen LogP) is 2.46. The topological polar surface area (TPSA) is 49.3 Å². The second kappa shape index (κ2) is 7.19. The van der Waals surface area contributed by atoms with E-state index in [2.05, 4.69) is 27.8 Å². The summed E-state index contributed by atoms with van der Waals surface area (Å²) in [6, 6.07) is 6.17. The van der Waals surface area contributed by atoms with Crippen LogP contribution in [0.25, 0.3) is 0 Å². The van der Waals surface area contributed by atoms with Gasteiger partial charge in [-0.05, 0) is 43.1 Å². The molecule has 0 aromatic carbocycles. The van der Waals surface area contributed by atoms with Gasteiger partial charge in [0.05, 0.1) is 11.9 Å². The van der Waals surface area contributed by atoms with Crippen LogP contribution in [0.15, 0.2) is 29.5 Å². The molecule has 2 atom stereocenters. The van der Waals surface area contributed by atoms with Crippen molar-refractivity contribution in [2.24, 2.45) is 11.0 Å². The lowest BCUT2D eigenvalue weighted by molar-refractivity contribution is 0.308. The third-order valence-electron chi connectivity index (χ3n) is 3.48. The zero-order valence-electron chi connectivity index (χ0n) is 11.2. The molecule has 1 fully saturated rings. The van der Waals surface area contributed by atoms with Crippen molar-refractivity contribution in [3.63, 3.8) is 0 Å². The van der Waals surface area contributed by atoms with E-state index in [-0.39, 0.29) is 0 Å². The van der Waals surface area contributed by atoms with Gasteiger partial charge in [-0.15, -0.1) is 0 Å². The molecule has 1 aromatic heterocycles. The van der Waals surface area contributed by atoms with Crippen LogP contribution in [-0.2, 0) is 0 Å². The van der Waals surface area contributed by atoms with Gasteiger partial charge in [-0.25, -0.2) is 0 Å². The Morgan fingerprint density at radius 3 is 3.00 bits per heavy atom. The lowest BCUT2D eigenvalue weighted by Gasteiger charge is -2.30. The summed E-state index contributed by atoms with van der Waals surface area (Å²) >= 11 is 5.25. The summed E-state index contributed by atoms with van der Waals surface area (Å²) in [7, 11) is 0. The molecule has 19 heavy (non-hydrogen) atoms. The Morgan fingerprint density at radius 2 is 2.26 bits per heavy atom. The highest BCUT2D eigenvalue weighted by atomic mass is 32.1. The normalized spacial score (nSPS) is 23.2. The van der Waals surface area contributed by atoms with Gasteiger partial charge in [-0.2, -0.15) is 5.10 Å². The van der Waals surface area contributed by atoms with Gasteiger partial charge in [0, 0.05) is 12.2 Å². The van der Waals surface area contributed by atoms with Gasteiger partial charge in [0.15, 0.2) is 5.11 Å². The number of rotatable bonds is 3. The number of hydrazone groups is 1. The van der Waals surface area contributed by atoms with Crippen LogP contribution in [0.1, 0.15) is 38.3 Å². The van der Waals surface area contributed by atoms with Crippen LogP contribution in [0.5, 0.6) is 0 Å². The molecule has 1 aliphatic carbocycles. The molecule has 0 saturated heterocycles. The average molecular weight is 276 g/mol. The van der Waals surface area contributed by atoms with E-state index >= 15 is 0 Å². The van der Waals surface area contributed by atoms with E-state index in [1.807, 2.05) is 18.2 Å². The molecule has 0 spiro atoms. The molecule has 1 heterocycles. The summed E-state index contributed by atoms with van der Waals surface area (Å²) in [5, 5.41) is 8.02. The largest absolute Gasteiger partial charge is 0.358 e. The van der Waals surface area contributed by atoms with Crippen LogP contribution in [0.3, 0.4) is 0 Å². The minimum absolute atomic E-state index is 0.471. The zero-order chi connectivity index (χ0) is 13.5. The molecule has 1 aliphatic rings. The van der Waals surface area contributed by atoms with Gasteiger partial charge in [-0.1, -0.05) is 25.8 Å². The number of hydrogen-bond acceptors (Lipinski definition) is 3. The smallest absolute Gasteiger partial charge is 0.187 e. The minimum Gasteiger partial charge on any atom is -0.358 e. The Kier molecular flexibility index (Phi) is 5.27. The number of aromatic nitrogens is 1. The highest BCUT2D eigenvalue weighted by molar-refractivity contribution is 7.80. The molecule has 2 rings (SSSR count). The Balaban J connectivity index is 1.77. The van der Waals surface area contributed by atoms with Crippen molar-refractivity contribution in [3.05, 3.63) is 30.1 Å². The van der Waals surface area contributed by atoms with Crippen LogP contribution >= 0.6 is 12.2 Å². The molecular formula is C14H20N4S. The fraction of sp³-hybridized carbons (Fsp3) is 0.500. The van der Waals surface area contributed by atoms with Crippen LogP contribution in [0.2, 0.25) is 0 Å². The maximum atomic E-state index is 5.25. The van der Waals surface area contributed by atoms with Crippen LogP contribution < -0.4 is 10.7 Å². The third-order valence-corrected chi connectivity index (χ3v) is 3.69. The maximum Gasteiger partial charge on any atom is 0.187 e. The highest BCUT2D eigenvalue weighted by Gasteiger charge is 2.21. The number of thiocarbonyl (C=S) groups is 1. The van der Waals surface area contributed by atoms with Crippen molar-refractivity contribution in [2.45, 2.75) is 38.6 Å². The van der Waals surface area contributed by atoms with Crippen LogP contribution in [0.4, 0.5) is 0 Å². The molecule has 102 valence electrons. The van der Waals surface area contributed by atoms with Crippen LogP contribution in [0, 0.1) is 5.92 Å². The summed E-state index contributed by atoms with van der Waals surface area (Å²) in [6.45, 7) is 2.27. The molecule has 2 N–H and O–H groups in total. The number of nitrogens with zero attached hydrogens (tertiary/aromatic N) is 2. The zero-order valence-corrected chi connectivity index (χ0v) is 12.0. The summed E-state index contributed by atoms with van der Waals surface area (Å²) in [6.07, 6.45) is 8.48. The van der Waals surface area contributed by atoms with Crippen molar-refractivity contribution in [1.82, 2.24) is 15.7 Å². The standard InChI is InChI=1S/C14H20N4S/c1-11-6-2-3-8-13(11)17-14(19)18-16-10-12-7-4-5-9-15-12/h4-5,7,9-11,13H,2-3,6,8H2,1H3,(H2,17,18,19)/b16-10-/t11-,13-/m1/s1. The average Bonchev–Trinajstić information content (AvgIpc) is 2.43. The second-order valence-corrected chi connectivity index (χ2v) is 5.37. The van der Waals surface area contributed by atoms with Crippen molar-refractivity contribution in [1.29, 1.82) is 0 Å². The lowest BCUT2D eigenvalue weighted by atomic mass is 9.86. The van der Waals surface area contributed by atoms with E-state index < -0.39 is 0 Å². The van der Waals surface area contributed by atoms with E-state index in [1.165, 1.54) is 25.7 Å². The Hall–Kier alpha value is -1.49. The molecule has 1 saturated carbocycles. The van der Waals surface area contributed by atoms with Crippen molar-refractivity contribution in [2.75, 3.05) is 0 Å². The van der Waals surface area contributed by atoms with E-state index in [1.54, 1.807) is 12.4 Å². The summed E-state index contributed by atoms with van der Waals surface area (Å²) in [4.78, 5) is 4.15. The molecule has 0 radical (unpaired) electrons. The van der Waals surface area contributed by atoms with Gasteiger partial charge in [0.25, 0.3) is 0 Å². The van der Waals surface area contributed by atoms with Crippen molar-refractivity contribution < 1.29 is 0 Å². The van der Waals surface area contributed by atoms with Crippen LogP contribution in [-0.4, -0.2) is 22.4 Å². The molecule has 0 bridgehead atoms. The quantitative estimate of drug-likeness (QED) is 0.506. The molecule has 5 heteroatoms. The number of hydrogen-bond donors (Lipinski definition) is 2. The first-order valence-electron chi connectivity index (χ1n) is 6.76. The second-order valence-electron chi connectivity index (χ2n) is 4.97. The maximum absolute atomic E-state index is 5.25. The molecule has 4 nitrogen and oxygen atoms in total. The van der Waals surface area contributed by atoms with Gasteiger partial charge in [0.2, 0.25) is 0 Å². The summed E-state index contributed by atoms with van der Waals surface area (Å²) < 4.78 is 0. The van der Waals surface area contributed by atoms with Crippen molar-refractivity contribution in [3.8, 4) is 0 Å². The van der Waals surface area contributed by atoms with Crippen molar-refractivity contribution >= 4 is 23.5 Å². The minimum atomic E-state index is 0.471. The Morgan fingerprint density at radius 1 is 1.42 bits per heavy atom.